The molecule has 0 spiro atoms. The molecule has 1 heterocycles. The van der Waals surface area contributed by atoms with Crippen LogP contribution in [0.2, 0.25) is 0 Å². The number of nitrogens with zero attached hydrogens (tertiary/aromatic N) is 2. The molecule has 2 aromatic carbocycles. The van der Waals surface area contributed by atoms with E-state index in [-0.39, 0.29) is 7.40 Å². The highest BCUT2D eigenvalue weighted by Crippen LogP contribution is 2.31. The molecule has 3 rings (SSSR count). The van der Waals surface area contributed by atoms with E-state index in [1.165, 1.54) is 18.2 Å². The fraction of sp³-hybridized carbons (Fsp3) is 0.250. The molecule has 0 radical (unpaired) electrons. The van der Waals surface area contributed by atoms with E-state index in [0.29, 0.717) is 5.69 Å². The van der Waals surface area contributed by atoms with Gasteiger partial charge in [-0.05, 0) is 19.4 Å². The van der Waals surface area contributed by atoms with Gasteiger partial charge in [0.05, 0.1) is 7.11 Å². The van der Waals surface area contributed by atoms with Crippen molar-refractivity contribution >= 4 is 22.8 Å². The molecule has 29 heavy (non-hydrogen) atoms. The lowest BCUT2D eigenvalue weighted by Gasteiger charge is -2.06. The first kappa shape index (κ1) is 21.9. The van der Waals surface area contributed by atoms with E-state index in [1.54, 1.807) is 11.7 Å². The Labute approximate surface area is 166 Å². The Balaban J connectivity index is 0.000000489. The van der Waals surface area contributed by atoms with E-state index in [4.69, 9.17) is 14.6 Å². The molecular formula is C20H21F3N2O4. The van der Waals surface area contributed by atoms with Gasteiger partial charge in [0.15, 0.2) is 5.69 Å². The number of fused-ring (bicyclic) bond motifs is 1. The van der Waals surface area contributed by atoms with Gasteiger partial charge in [-0.25, -0.2) is 9.59 Å². The number of aromatic nitrogens is 2. The number of aliphatic carboxylic acids is 1. The lowest BCUT2D eigenvalue weighted by atomic mass is 9.98. The highest BCUT2D eigenvalue weighted by atomic mass is 19.4. The minimum Gasteiger partial charge on any atom is -0.475 e. The highest BCUT2D eigenvalue weighted by molar-refractivity contribution is 6.06. The van der Waals surface area contributed by atoms with Gasteiger partial charge in [0.2, 0.25) is 0 Å². The summed E-state index contributed by atoms with van der Waals surface area (Å²) in [4.78, 5) is 20.9. The fourth-order valence-electron chi connectivity index (χ4n) is 2.92. The Hall–Kier alpha value is -3.36. The van der Waals surface area contributed by atoms with Crippen molar-refractivity contribution in [2.24, 2.45) is 7.05 Å². The highest BCUT2D eigenvalue weighted by Gasteiger charge is 2.38. The van der Waals surface area contributed by atoms with Crippen molar-refractivity contribution in [3.8, 4) is 11.1 Å². The van der Waals surface area contributed by atoms with Gasteiger partial charge < -0.3 is 9.84 Å². The van der Waals surface area contributed by atoms with Crippen LogP contribution in [0.25, 0.3) is 22.0 Å². The lowest BCUT2D eigenvalue weighted by Crippen LogP contribution is -2.21. The SMILES string of the molecule is COC(=O)c1c2cccc(-c3cc(C)cc(C)c3)c2nn1C.O=C(O)C(F)(F)F.[HH]. The van der Waals surface area contributed by atoms with Crippen LogP contribution in [0.4, 0.5) is 13.2 Å². The van der Waals surface area contributed by atoms with Crippen LogP contribution in [0.1, 0.15) is 23.0 Å². The third-order valence-corrected chi connectivity index (χ3v) is 4.02. The molecule has 0 bridgehead atoms. The zero-order valence-electron chi connectivity index (χ0n) is 16.2. The number of hydrogen-bond donors (Lipinski definition) is 1. The second kappa shape index (κ2) is 8.34. The zero-order chi connectivity index (χ0) is 21.9. The first-order valence-corrected chi connectivity index (χ1v) is 8.38. The maximum atomic E-state index is 12.0. The van der Waals surface area contributed by atoms with Gasteiger partial charge >= 0.3 is 18.1 Å². The van der Waals surface area contributed by atoms with Gasteiger partial charge in [-0.15, -0.1) is 0 Å². The maximum absolute atomic E-state index is 12.0. The molecule has 0 aliphatic rings. The number of rotatable bonds is 2. The van der Waals surface area contributed by atoms with Crippen LogP contribution in [0, 0.1) is 13.8 Å². The van der Waals surface area contributed by atoms with Gasteiger partial charge in [-0.3, -0.25) is 4.68 Å². The van der Waals surface area contributed by atoms with E-state index in [2.05, 4.69) is 37.1 Å². The van der Waals surface area contributed by atoms with Gasteiger partial charge in [-0.2, -0.15) is 18.3 Å². The molecule has 3 aromatic rings. The largest absolute Gasteiger partial charge is 0.490 e. The number of aryl methyl sites for hydroxylation is 3. The van der Waals surface area contributed by atoms with Crippen LogP contribution in [-0.2, 0) is 16.6 Å². The molecule has 1 N–H and O–H groups in total. The molecule has 0 saturated carbocycles. The van der Waals surface area contributed by atoms with Crippen molar-refractivity contribution in [1.82, 2.24) is 9.78 Å². The standard InChI is InChI=1S/C18H18N2O2.C2HF3O2.H2/c1-11-8-12(2)10-13(9-11)14-6-5-7-15-16(14)19-20(3)17(15)18(21)22-4;3-2(4,5)1(6)7;/h5-10H,1-4H3;(H,6,7);1H. The number of ether oxygens (including phenoxy) is 1. The second-order valence-electron chi connectivity index (χ2n) is 6.34. The van der Waals surface area contributed by atoms with Crippen molar-refractivity contribution in [2.75, 3.05) is 7.11 Å². The van der Waals surface area contributed by atoms with Crippen LogP contribution in [0.5, 0.6) is 0 Å². The van der Waals surface area contributed by atoms with E-state index in [0.717, 1.165) is 22.0 Å². The Bertz CT molecular complexity index is 1060. The number of carbonyl (C=O) groups excluding carboxylic acids is 1. The molecule has 0 aliphatic carbocycles. The van der Waals surface area contributed by atoms with E-state index in [9.17, 15) is 18.0 Å². The summed E-state index contributed by atoms with van der Waals surface area (Å²) in [6, 6.07) is 12.3. The lowest BCUT2D eigenvalue weighted by molar-refractivity contribution is -0.192. The van der Waals surface area contributed by atoms with Crippen LogP contribution in [0.3, 0.4) is 0 Å². The Morgan fingerprint density at radius 2 is 1.69 bits per heavy atom. The molecule has 0 amide bonds. The van der Waals surface area contributed by atoms with Crippen LogP contribution < -0.4 is 0 Å². The molecule has 0 saturated heterocycles. The summed E-state index contributed by atoms with van der Waals surface area (Å²) >= 11 is 0. The van der Waals surface area contributed by atoms with E-state index in [1.807, 2.05) is 18.2 Å². The number of alkyl halides is 3. The van der Waals surface area contributed by atoms with Gasteiger partial charge in [0.1, 0.15) is 5.52 Å². The average Bonchev–Trinajstić information content (AvgIpc) is 2.95. The molecule has 156 valence electrons. The van der Waals surface area contributed by atoms with Gasteiger partial charge in [-0.1, -0.05) is 47.5 Å². The number of methoxy groups -OCH3 is 1. The number of halogens is 3. The molecule has 6 nitrogen and oxygen atoms in total. The second-order valence-corrected chi connectivity index (χ2v) is 6.34. The molecule has 0 atom stereocenters. The first-order chi connectivity index (χ1) is 13.5. The molecule has 0 unspecified atom stereocenters. The third-order valence-electron chi connectivity index (χ3n) is 4.02. The van der Waals surface area contributed by atoms with Crippen LogP contribution in [-0.4, -0.2) is 40.1 Å². The smallest absolute Gasteiger partial charge is 0.475 e. The van der Waals surface area contributed by atoms with Crippen LogP contribution >= 0.6 is 0 Å². The summed E-state index contributed by atoms with van der Waals surface area (Å²) < 4.78 is 38.2. The van der Waals surface area contributed by atoms with Crippen molar-refractivity contribution < 1.29 is 34.0 Å². The molecule has 0 aliphatic heterocycles. The quantitative estimate of drug-likeness (QED) is 0.628. The monoisotopic (exact) mass is 410 g/mol. The number of carboxylic acid groups (broad SMARTS) is 1. The summed E-state index contributed by atoms with van der Waals surface area (Å²) in [5.74, 6) is -3.13. The van der Waals surface area contributed by atoms with Crippen molar-refractivity contribution in [3.63, 3.8) is 0 Å². The van der Waals surface area contributed by atoms with Crippen molar-refractivity contribution in [3.05, 3.63) is 53.2 Å². The van der Waals surface area contributed by atoms with Crippen molar-refractivity contribution in [2.45, 2.75) is 20.0 Å². The minimum absolute atomic E-state index is 0. The normalized spacial score (nSPS) is 11.0. The predicted octanol–water partition coefficient (Wildman–Crippen LogP) is 4.52. The minimum atomic E-state index is -5.08. The summed E-state index contributed by atoms with van der Waals surface area (Å²) in [5, 5.41) is 12.5. The molecule has 0 fully saturated rings. The summed E-state index contributed by atoms with van der Waals surface area (Å²) in [6.07, 6.45) is -5.08. The Morgan fingerprint density at radius 1 is 1.14 bits per heavy atom. The number of carboxylic acids is 1. The summed E-state index contributed by atoms with van der Waals surface area (Å²) in [7, 11) is 3.15. The number of esters is 1. The number of carbonyl (C=O) groups is 2. The van der Waals surface area contributed by atoms with E-state index < -0.39 is 12.1 Å². The average molecular weight is 410 g/mol. The maximum Gasteiger partial charge on any atom is 0.490 e. The van der Waals surface area contributed by atoms with Gasteiger partial charge in [0, 0.05) is 19.4 Å². The topological polar surface area (TPSA) is 81.4 Å². The number of benzene rings is 2. The first-order valence-electron chi connectivity index (χ1n) is 8.38. The predicted molar refractivity (Wildman–Crippen MR) is 103 cm³/mol. The summed E-state index contributed by atoms with van der Waals surface area (Å²) in [6.45, 7) is 4.16. The van der Waals surface area contributed by atoms with Crippen LogP contribution in [0.15, 0.2) is 36.4 Å². The van der Waals surface area contributed by atoms with E-state index >= 15 is 0 Å². The molecule has 9 heteroatoms. The van der Waals surface area contributed by atoms with Gasteiger partial charge in [0.25, 0.3) is 0 Å². The Kier molecular flexibility index (Phi) is 6.31. The zero-order valence-corrected chi connectivity index (χ0v) is 16.2. The molecule has 1 aromatic heterocycles. The van der Waals surface area contributed by atoms with Crippen molar-refractivity contribution in [1.29, 1.82) is 0 Å². The fourth-order valence-corrected chi connectivity index (χ4v) is 2.92. The third kappa shape index (κ3) is 4.92. The Morgan fingerprint density at radius 3 is 2.17 bits per heavy atom. The number of hydrogen-bond acceptors (Lipinski definition) is 4. The summed E-state index contributed by atoms with van der Waals surface area (Å²) in [5.41, 5.74) is 5.83. The molecular weight excluding hydrogens is 389 g/mol.